The van der Waals surface area contributed by atoms with E-state index in [2.05, 4.69) is 9.36 Å². The second kappa shape index (κ2) is 13.0. The van der Waals surface area contributed by atoms with E-state index in [1.165, 1.54) is 26.4 Å². The Morgan fingerprint density at radius 3 is 2.28 bits per heavy atom. The number of hydrogen-bond donors (Lipinski definition) is 0. The zero-order valence-corrected chi connectivity index (χ0v) is 24.4. The lowest BCUT2D eigenvalue weighted by Gasteiger charge is -2.23. The number of halogens is 5. The molecule has 0 aliphatic rings. The Balaban J connectivity index is 1.72. The average Bonchev–Trinajstić information content (AvgIpc) is 3.50. The number of alkyl halides is 3. The van der Waals surface area contributed by atoms with Gasteiger partial charge in [0.25, 0.3) is 10.0 Å². The van der Waals surface area contributed by atoms with Gasteiger partial charge in [-0.3, -0.25) is 0 Å². The lowest BCUT2D eigenvalue weighted by Crippen LogP contribution is -2.31. The molecular weight excluding hydrogens is 621 g/mol. The van der Waals surface area contributed by atoms with Crippen LogP contribution in [0.25, 0.3) is 0 Å². The van der Waals surface area contributed by atoms with Crippen molar-refractivity contribution in [2.75, 3.05) is 25.1 Å². The van der Waals surface area contributed by atoms with Crippen molar-refractivity contribution in [1.29, 1.82) is 0 Å². The monoisotopic (exact) mass is 645 g/mol. The maximum atomic E-state index is 15.4. The molecule has 1 heterocycles. The summed E-state index contributed by atoms with van der Waals surface area (Å²) in [5.41, 5.74) is -0.800. The molecule has 16 heteroatoms. The number of anilines is 1. The summed E-state index contributed by atoms with van der Waals surface area (Å²) in [4.78, 5) is 2.85. The number of ether oxygens (including phenoxy) is 4. The van der Waals surface area contributed by atoms with E-state index in [1.54, 1.807) is 13.0 Å². The van der Waals surface area contributed by atoms with Gasteiger partial charge in [-0.2, -0.15) is 17.5 Å². The Bertz CT molecular complexity index is 1690. The summed E-state index contributed by atoms with van der Waals surface area (Å²) in [5, 5.41) is -0.151. The highest BCUT2D eigenvalue weighted by molar-refractivity contribution is 7.93. The SMILES string of the molecule is CCCOc1cc(Oc2cc(F)c(S(=O)(=O)N(Cc3ccc(OC)cc3OC)c3ncns3)cc2F)cc(C(F)(F)F)c1. The Morgan fingerprint density at radius 2 is 1.65 bits per heavy atom. The summed E-state index contributed by atoms with van der Waals surface area (Å²) in [5.74, 6) is -3.65. The Morgan fingerprint density at radius 1 is 0.907 bits per heavy atom. The van der Waals surface area contributed by atoms with E-state index in [0.717, 1.165) is 22.8 Å². The van der Waals surface area contributed by atoms with Gasteiger partial charge in [-0.15, -0.1) is 0 Å². The highest BCUT2D eigenvalue weighted by Crippen LogP contribution is 2.38. The van der Waals surface area contributed by atoms with Crippen molar-refractivity contribution in [3.8, 4) is 28.7 Å². The summed E-state index contributed by atoms with van der Waals surface area (Å²) in [7, 11) is -2.04. The molecule has 0 aliphatic heterocycles. The molecule has 1 aromatic heterocycles. The van der Waals surface area contributed by atoms with Crippen LogP contribution in [0, 0.1) is 11.6 Å². The van der Waals surface area contributed by atoms with Crippen molar-refractivity contribution >= 4 is 26.7 Å². The van der Waals surface area contributed by atoms with Crippen LogP contribution in [0.1, 0.15) is 24.5 Å². The minimum Gasteiger partial charge on any atom is -0.497 e. The van der Waals surface area contributed by atoms with E-state index >= 15 is 8.78 Å². The number of hydrogen-bond acceptors (Lipinski definition) is 9. The highest BCUT2D eigenvalue weighted by atomic mass is 32.2. The topological polar surface area (TPSA) is 100 Å². The Labute approximate surface area is 247 Å². The van der Waals surface area contributed by atoms with Gasteiger partial charge in [0.05, 0.1) is 32.9 Å². The third-order valence-electron chi connectivity index (χ3n) is 5.83. The molecule has 9 nitrogen and oxygen atoms in total. The normalized spacial score (nSPS) is 11.7. The van der Waals surface area contributed by atoms with Gasteiger partial charge in [0.15, 0.2) is 11.6 Å². The molecule has 43 heavy (non-hydrogen) atoms. The van der Waals surface area contributed by atoms with E-state index in [4.69, 9.17) is 18.9 Å². The standard InChI is InChI=1S/C27H24F5N3O6S2/c1-4-7-40-19-8-17(27(30,31)32)9-20(10-19)41-24-12-22(29)25(13-21(24)28)43(36,37)35(26-33-15-34-42-26)14-16-5-6-18(38-2)11-23(16)39-3/h5-6,8-13,15H,4,7,14H2,1-3H3. The van der Waals surface area contributed by atoms with Crippen LogP contribution in [0.4, 0.5) is 27.1 Å². The van der Waals surface area contributed by atoms with Crippen LogP contribution in [-0.4, -0.2) is 38.6 Å². The average molecular weight is 646 g/mol. The van der Waals surface area contributed by atoms with E-state index in [1.807, 2.05) is 0 Å². The molecule has 3 aromatic carbocycles. The van der Waals surface area contributed by atoms with E-state index in [0.29, 0.717) is 47.5 Å². The first kappa shape index (κ1) is 31.7. The van der Waals surface area contributed by atoms with Gasteiger partial charge in [0, 0.05) is 41.4 Å². The predicted molar refractivity (Wildman–Crippen MR) is 146 cm³/mol. The fourth-order valence-corrected chi connectivity index (χ4v) is 5.99. The van der Waals surface area contributed by atoms with Crippen LogP contribution in [0.15, 0.2) is 59.8 Å². The quantitative estimate of drug-likeness (QED) is 0.155. The van der Waals surface area contributed by atoms with Crippen LogP contribution in [0.3, 0.4) is 0 Å². The first-order valence-electron chi connectivity index (χ1n) is 12.4. The first-order valence-corrected chi connectivity index (χ1v) is 14.6. The number of benzene rings is 3. The van der Waals surface area contributed by atoms with Crippen LogP contribution in [-0.2, 0) is 22.7 Å². The molecule has 0 aliphatic carbocycles. The Hall–Kier alpha value is -4.18. The third kappa shape index (κ3) is 7.25. The summed E-state index contributed by atoms with van der Waals surface area (Å²) in [6, 6.07) is 7.81. The van der Waals surface area contributed by atoms with Gasteiger partial charge in [-0.1, -0.05) is 6.92 Å². The van der Waals surface area contributed by atoms with Gasteiger partial charge in [-0.05, 0) is 30.7 Å². The second-order valence-electron chi connectivity index (χ2n) is 8.77. The summed E-state index contributed by atoms with van der Waals surface area (Å²) < 4.78 is 124. The maximum Gasteiger partial charge on any atom is 0.416 e. The zero-order valence-electron chi connectivity index (χ0n) is 22.8. The largest absolute Gasteiger partial charge is 0.497 e. The van der Waals surface area contributed by atoms with Crippen LogP contribution in [0.2, 0.25) is 0 Å². The lowest BCUT2D eigenvalue weighted by molar-refractivity contribution is -0.137. The lowest BCUT2D eigenvalue weighted by atomic mass is 10.2. The van der Waals surface area contributed by atoms with Crippen LogP contribution in [0.5, 0.6) is 28.7 Å². The molecular formula is C27H24F5N3O6S2. The van der Waals surface area contributed by atoms with Crippen molar-refractivity contribution in [2.45, 2.75) is 31.0 Å². The smallest absolute Gasteiger partial charge is 0.416 e. The predicted octanol–water partition coefficient (Wildman–Crippen LogP) is 6.83. The van der Waals surface area contributed by atoms with E-state index < -0.39 is 56.3 Å². The number of nitrogens with zero attached hydrogens (tertiary/aromatic N) is 3. The molecule has 0 atom stereocenters. The molecule has 0 unspecified atom stereocenters. The molecule has 0 saturated carbocycles. The second-order valence-corrected chi connectivity index (χ2v) is 11.4. The van der Waals surface area contributed by atoms with Crippen molar-refractivity contribution in [3.05, 3.63) is 77.6 Å². The van der Waals surface area contributed by atoms with E-state index in [9.17, 15) is 21.6 Å². The summed E-state index contributed by atoms with van der Waals surface area (Å²) in [6.45, 7) is 1.44. The molecule has 230 valence electrons. The number of rotatable bonds is 12. The van der Waals surface area contributed by atoms with Gasteiger partial charge < -0.3 is 18.9 Å². The Kier molecular flexibility index (Phi) is 9.59. The van der Waals surface area contributed by atoms with Gasteiger partial charge in [0.1, 0.15) is 40.0 Å². The maximum absolute atomic E-state index is 15.4. The molecule has 0 N–H and O–H groups in total. The van der Waals surface area contributed by atoms with Gasteiger partial charge in [-0.25, -0.2) is 26.5 Å². The molecule has 0 amide bonds. The fraction of sp³-hybridized carbons (Fsp3) is 0.259. The van der Waals surface area contributed by atoms with Gasteiger partial charge in [0.2, 0.25) is 5.13 Å². The van der Waals surface area contributed by atoms with Crippen molar-refractivity contribution in [3.63, 3.8) is 0 Å². The molecule has 0 saturated heterocycles. The van der Waals surface area contributed by atoms with Crippen molar-refractivity contribution in [1.82, 2.24) is 9.36 Å². The molecule has 0 fully saturated rings. The fourth-order valence-electron chi connectivity index (χ4n) is 3.80. The number of methoxy groups -OCH3 is 2. The zero-order chi connectivity index (χ0) is 31.4. The third-order valence-corrected chi connectivity index (χ3v) is 8.39. The van der Waals surface area contributed by atoms with Gasteiger partial charge >= 0.3 is 6.18 Å². The summed E-state index contributed by atoms with van der Waals surface area (Å²) >= 11 is 0.694. The highest BCUT2D eigenvalue weighted by Gasteiger charge is 2.34. The first-order chi connectivity index (χ1) is 20.4. The van der Waals surface area contributed by atoms with Crippen molar-refractivity contribution in [2.24, 2.45) is 0 Å². The summed E-state index contributed by atoms with van der Waals surface area (Å²) in [6.07, 6.45) is -3.19. The molecule has 4 rings (SSSR count). The minimum absolute atomic E-state index is 0.101. The molecule has 4 aromatic rings. The molecule has 0 bridgehead atoms. The van der Waals surface area contributed by atoms with Crippen LogP contribution < -0.4 is 23.3 Å². The van der Waals surface area contributed by atoms with Crippen molar-refractivity contribution < 1.29 is 49.3 Å². The minimum atomic E-state index is -4.83. The van der Waals surface area contributed by atoms with E-state index in [-0.39, 0.29) is 23.2 Å². The number of aromatic nitrogens is 2. The molecule has 0 radical (unpaired) electrons. The number of sulfonamides is 1. The van der Waals surface area contributed by atoms with Crippen LogP contribution >= 0.6 is 11.5 Å². The molecule has 0 spiro atoms.